The molecule has 5 heteroatoms. The third kappa shape index (κ3) is 7.05. The molecule has 0 atom stereocenters. The first-order valence-corrected chi connectivity index (χ1v) is 3.41. The number of hydrogen-bond acceptors (Lipinski definition) is 1. The summed E-state index contributed by atoms with van der Waals surface area (Å²) in [5, 5.41) is 8.76. The molecule has 0 bridgehead atoms. The van der Waals surface area contributed by atoms with Crippen LogP contribution < -0.4 is 3.61 Å². The molecule has 1 aromatic rings. The zero-order chi connectivity index (χ0) is 5.98. The molecule has 0 aliphatic rings. The van der Waals surface area contributed by atoms with Crippen molar-refractivity contribution in [1.82, 2.24) is 0 Å². The molecule has 0 saturated carbocycles. The van der Waals surface area contributed by atoms with Crippen molar-refractivity contribution in [2.75, 3.05) is 0 Å². The van der Waals surface area contributed by atoms with E-state index in [4.69, 9.17) is 5.11 Å². The van der Waals surface area contributed by atoms with E-state index in [9.17, 15) is 0 Å². The summed E-state index contributed by atoms with van der Waals surface area (Å²) in [6.07, 6.45) is 0. The van der Waals surface area contributed by atoms with E-state index in [2.05, 4.69) is 0 Å². The summed E-state index contributed by atoms with van der Waals surface area (Å²) < 4.78 is 1.18. The first-order valence-electron chi connectivity index (χ1n) is 2.25. The van der Waals surface area contributed by atoms with E-state index in [1.54, 1.807) is 12.1 Å². The van der Waals surface area contributed by atoms with Gasteiger partial charge in [-0.1, -0.05) is 0 Å². The molecule has 0 amide bonds. The number of phenols is 1. The molecule has 0 unspecified atom stereocenters. The van der Waals surface area contributed by atoms with E-state index in [-0.39, 0.29) is 37.2 Å². The van der Waals surface area contributed by atoms with Gasteiger partial charge in [0.25, 0.3) is 0 Å². The van der Waals surface area contributed by atoms with Crippen molar-refractivity contribution in [1.29, 1.82) is 0 Å². The van der Waals surface area contributed by atoms with Crippen molar-refractivity contribution in [3.05, 3.63) is 24.3 Å². The first-order chi connectivity index (χ1) is 3.79. The Morgan fingerprint density at radius 3 is 1.55 bits per heavy atom. The predicted octanol–water partition coefficient (Wildman–Crippen LogP) is 1.45. The number of halogens is 3. The Labute approximate surface area is 97.7 Å². The quantitative estimate of drug-likeness (QED) is 0.714. The zero-order valence-corrected chi connectivity index (χ0v) is 10.2. The molecule has 0 aromatic heterocycles. The van der Waals surface area contributed by atoms with Gasteiger partial charge in [0.15, 0.2) is 0 Å². The molecule has 0 spiro atoms. The fourth-order valence-electron chi connectivity index (χ4n) is 0.446. The van der Waals surface area contributed by atoms with Gasteiger partial charge in [0.05, 0.1) is 0 Å². The van der Waals surface area contributed by atoms with Gasteiger partial charge in [-0.05, 0) is 0 Å². The summed E-state index contributed by atoms with van der Waals surface area (Å²) in [4.78, 5) is 0. The van der Waals surface area contributed by atoms with Crippen molar-refractivity contribution in [3.8, 4) is 5.75 Å². The molecular formula is C6H8Cl3OTe. The average Bonchev–Trinajstić information content (AvgIpc) is 1.77. The van der Waals surface area contributed by atoms with E-state index >= 15 is 0 Å². The Kier molecular flexibility index (Phi) is 14.1. The van der Waals surface area contributed by atoms with Crippen LogP contribution in [-0.2, 0) is 0 Å². The third-order valence-corrected chi connectivity index (χ3v) is 1.61. The molecule has 1 radical (unpaired) electrons. The van der Waals surface area contributed by atoms with Crippen LogP contribution in [0.25, 0.3) is 0 Å². The Morgan fingerprint density at radius 2 is 1.27 bits per heavy atom. The van der Waals surface area contributed by atoms with Gasteiger partial charge in [-0.25, -0.2) is 0 Å². The molecule has 0 saturated heterocycles. The summed E-state index contributed by atoms with van der Waals surface area (Å²) in [5.74, 6) is 0.331. The van der Waals surface area contributed by atoms with Gasteiger partial charge < -0.3 is 0 Å². The van der Waals surface area contributed by atoms with Crippen LogP contribution in [-0.4, -0.2) is 27.4 Å². The van der Waals surface area contributed by atoms with E-state index in [0.29, 0.717) is 5.75 Å². The van der Waals surface area contributed by atoms with Crippen LogP contribution in [0.4, 0.5) is 0 Å². The fourth-order valence-corrected chi connectivity index (χ4v) is 0.835. The van der Waals surface area contributed by atoms with Gasteiger partial charge in [0.2, 0.25) is 0 Å². The molecule has 1 rings (SSSR count). The Morgan fingerprint density at radius 1 is 0.909 bits per heavy atom. The van der Waals surface area contributed by atoms with Crippen LogP contribution in [0.3, 0.4) is 0 Å². The number of aromatic hydroxyl groups is 1. The molecule has 0 heterocycles. The van der Waals surface area contributed by atoms with E-state index in [1.165, 1.54) is 3.61 Å². The van der Waals surface area contributed by atoms with Crippen molar-refractivity contribution < 1.29 is 5.11 Å². The van der Waals surface area contributed by atoms with Crippen LogP contribution in [0, 0.1) is 0 Å². The summed E-state index contributed by atoms with van der Waals surface area (Å²) in [6, 6.07) is 7.11. The number of phenolic OH excluding ortho intramolecular Hbond substituents is 1. The molecule has 0 aliphatic heterocycles. The van der Waals surface area contributed by atoms with Crippen molar-refractivity contribution in [2.45, 2.75) is 0 Å². The monoisotopic (exact) mass is 331 g/mol. The molecule has 65 valence electrons. The van der Waals surface area contributed by atoms with Crippen LogP contribution in [0.5, 0.6) is 5.75 Å². The van der Waals surface area contributed by atoms with E-state index in [1.807, 2.05) is 34.4 Å². The minimum absolute atomic E-state index is 0. The molecule has 0 aliphatic carbocycles. The topological polar surface area (TPSA) is 20.2 Å². The van der Waals surface area contributed by atoms with Gasteiger partial charge in [0, 0.05) is 0 Å². The number of benzene rings is 1. The summed E-state index contributed by atoms with van der Waals surface area (Å²) in [6.45, 7) is 0. The molecule has 1 nitrogen and oxygen atoms in total. The minimum atomic E-state index is 0. The molecule has 0 fully saturated rings. The van der Waals surface area contributed by atoms with Crippen molar-refractivity contribution in [3.63, 3.8) is 0 Å². The zero-order valence-electron chi connectivity index (χ0n) is 5.39. The number of hydrogen-bond donors (Lipinski definition) is 1. The molecule has 1 N–H and O–H groups in total. The fraction of sp³-hybridized carbons (Fsp3) is 0. The molecular weight excluding hydrogens is 322 g/mol. The Hall–Kier alpha value is 0.680. The summed E-state index contributed by atoms with van der Waals surface area (Å²) in [5.41, 5.74) is 0. The summed E-state index contributed by atoms with van der Waals surface area (Å²) >= 11 is 1.92. The average molecular weight is 330 g/mol. The number of rotatable bonds is 0. The van der Waals surface area contributed by atoms with Crippen LogP contribution in [0.15, 0.2) is 24.3 Å². The van der Waals surface area contributed by atoms with Gasteiger partial charge in [0.1, 0.15) is 0 Å². The molecule has 1 aromatic carbocycles. The normalized spacial score (nSPS) is 6.55. The third-order valence-electron chi connectivity index (χ3n) is 0.837. The van der Waals surface area contributed by atoms with Gasteiger partial charge in [-0.2, -0.15) is 0 Å². The van der Waals surface area contributed by atoms with E-state index in [0.717, 1.165) is 0 Å². The predicted molar refractivity (Wildman–Crippen MR) is 55.2 cm³/mol. The van der Waals surface area contributed by atoms with E-state index < -0.39 is 0 Å². The van der Waals surface area contributed by atoms with Crippen molar-refractivity contribution in [2.24, 2.45) is 0 Å². The maximum atomic E-state index is 8.76. The SMILES string of the molecule is Cl.Cl.Cl.Oc1ccc([Te])cc1. The second-order valence-electron chi connectivity index (χ2n) is 1.49. The summed E-state index contributed by atoms with van der Waals surface area (Å²) in [7, 11) is 0. The maximum absolute atomic E-state index is 8.76. The standard InChI is InChI=1S/C6H5OTe.3ClH/c7-5-1-3-6(8)4-2-5;;;/h1-4,7H;3*1H. The van der Waals surface area contributed by atoms with Crippen LogP contribution in [0.2, 0.25) is 0 Å². The van der Waals surface area contributed by atoms with Crippen LogP contribution in [0.1, 0.15) is 0 Å². The Balaban J connectivity index is -0.000000213. The van der Waals surface area contributed by atoms with Gasteiger partial charge in [-0.15, -0.1) is 37.2 Å². The Bertz CT molecular complexity index is 157. The van der Waals surface area contributed by atoms with Crippen molar-refractivity contribution >= 4 is 63.1 Å². The van der Waals surface area contributed by atoms with Gasteiger partial charge >= 0.3 is 61.0 Å². The van der Waals surface area contributed by atoms with Crippen LogP contribution >= 0.6 is 37.2 Å². The van der Waals surface area contributed by atoms with Gasteiger partial charge in [-0.3, -0.25) is 0 Å². The second-order valence-corrected chi connectivity index (χ2v) is 2.84. The molecule has 11 heavy (non-hydrogen) atoms. The second kappa shape index (κ2) is 8.77. The first kappa shape index (κ1) is 17.7.